The van der Waals surface area contributed by atoms with Gasteiger partial charge < -0.3 is 11.2 Å². The molecule has 0 radical (unpaired) electrons. The smallest absolute Gasteiger partial charge is 0.242 e. The van der Waals surface area contributed by atoms with Gasteiger partial charge in [0.1, 0.15) is 5.25 Å². The average molecular weight is 444 g/mol. The minimum absolute atomic E-state index is 0.0697. The highest BCUT2D eigenvalue weighted by atomic mass is 32.2. The molecule has 1 aromatic heterocycles. The summed E-state index contributed by atoms with van der Waals surface area (Å²) in [4.78, 5) is 25.0. The van der Waals surface area contributed by atoms with Crippen LogP contribution in [0.3, 0.4) is 0 Å². The zero-order chi connectivity index (χ0) is 22.5. The van der Waals surface area contributed by atoms with Crippen molar-refractivity contribution in [1.29, 1.82) is 0 Å². The Labute approximate surface area is 189 Å². The van der Waals surface area contributed by atoms with Crippen molar-refractivity contribution in [2.75, 3.05) is 11.2 Å². The molecule has 0 aliphatic rings. The van der Waals surface area contributed by atoms with E-state index in [4.69, 9.17) is 5.84 Å². The average Bonchev–Trinajstić information content (AvgIpc) is 3.18. The zero-order valence-corrected chi connectivity index (χ0v) is 18.1. The number of thioether (sulfide) groups is 1. The Morgan fingerprint density at radius 2 is 1.62 bits per heavy atom. The maximum Gasteiger partial charge on any atom is 0.242 e. The van der Waals surface area contributed by atoms with Gasteiger partial charge in [0.2, 0.25) is 11.1 Å². The van der Waals surface area contributed by atoms with Crippen LogP contribution in [0.4, 0.5) is 5.69 Å². The second-order valence-electron chi connectivity index (χ2n) is 7.08. The van der Waals surface area contributed by atoms with Crippen molar-refractivity contribution in [3.05, 3.63) is 96.1 Å². The van der Waals surface area contributed by atoms with Crippen molar-refractivity contribution in [2.45, 2.75) is 17.3 Å². The summed E-state index contributed by atoms with van der Waals surface area (Å²) in [7, 11) is 0. The largest absolute Gasteiger partial charge is 0.335 e. The predicted molar refractivity (Wildman–Crippen MR) is 126 cm³/mol. The lowest BCUT2D eigenvalue weighted by Crippen LogP contribution is -2.20. The number of carbonyl (C=O) groups excluding carboxylic acids is 2. The quantitative estimate of drug-likeness (QED) is 0.250. The number of nitrogens with zero attached hydrogens (tertiary/aromatic N) is 3. The van der Waals surface area contributed by atoms with Gasteiger partial charge in [0, 0.05) is 16.8 Å². The SMILES string of the molecule is CC(=O)c1cccc(NC(=O)C(Sc2nnc(-c3ccccc3)n2N)c2ccccc2)c1. The number of rotatable bonds is 7. The molecule has 0 aliphatic carbocycles. The monoisotopic (exact) mass is 443 g/mol. The molecule has 0 spiro atoms. The number of benzene rings is 3. The number of Topliss-reactive ketones (excluding diaryl/α,β-unsaturated/α-hetero) is 1. The molecule has 8 heteroatoms. The number of anilines is 1. The fourth-order valence-electron chi connectivity index (χ4n) is 3.17. The standard InChI is InChI=1S/C24H21N5O2S/c1-16(30)19-13-8-14-20(15-19)26-23(31)21(17-9-4-2-5-10-17)32-24-28-27-22(29(24)25)18-11-6-3-7-12-18/h2-15,21H,25H2,1H3,(H,26,31). The predicted octanol–water partition coefficient (Wildman–Crippen LogP) is 4.33. The Balaban J connectivity index is 1.62. The highest BCUT2D eigenvalue weighted by molar-refractivity contribution is 8.00. The van der Waals surface area contributed by atoms with E-state index in [1.54, 1.807) is 24.3 Å². The molecule has 4 aromatic rings. The lowest BCUT2D eigenvalue weighted by Gasteiger charge is -2.17. The molecule has 0 bridgehead atoms. The van der Waals surface area contributed by atoms with Gasteiger partial charge in [0.25, 0.3) is 0 Å². The summed E-state index contributed by atoms with van der Waals surface area (Å²) in [5, 5.41) is 11.1. The normalized spacial score (nSPS) is 11.7. The molecule has 0 fully saturated rings. The van der Waals surface area contributed by atoms with Crippen LogP contribution in [0.25, 0.3) is 11.4 Å². The third-order valence-electron chi connectivity index (χ3n) is 4.80. The van der Waals surface area contributed by atoms with Crippen molar-refractivity contribution in [3.63, 3.8) is 0 Å². The number of nitrogens with one attached hydrogen (secondary N) is 1. The van der Waals surface area contributed by atoms with Crippen LogP contribution in [-0.2, 0) is 4.79 Å². The second kappa shape index (κ2) is 9.49. The minimum atomic E-state index is -0.632. The third-order valence-corrected chi connectivity index (χ3v) is 6.01. The molecule has 0 saturated heterocycles. The van der Waals surface area contributed by atoms with Gasteiger partial charge in [-0.2, -0.15) is 0 Å². The van der Waals surface area contributed by atoms with E-state index in [1.807, 2.05) is 60.7 Å². The summed E-state index contributed by atoms with van der Waals surface area (Å²) in [5.74, 6) is 6.45. The van der Waals surface area contributed by atoms with Crippen molar-refractivity contribution in [3.8, 4) is 11.4 Å². The van der Waals surface area contributed by atoms with Gasteiger partial charge in [-0.3, -0.25) is 9.59 Å². The van der Waals surface area contributed by atoms with Crippen LogP contribution in [0.5, 0.6) is 0 Å². The molecule has 7 nitrogen and oxygen atoms in total. The third kappa shape index (κ3) is 4.70. The van der Waals surface area contributed by atoms with Gasteiger partial charge in [-0.05, 0) is 24.6 Å². The molecule has 1 amide bonds. The summed E-state index contributed by atoms with van der Waals surface area (Å²) >= 11 is 1.21. The van der Waals surface area contributed by atoms with Crippen molar-refractivity contribution in [2.24, 2.45) is 0 Å². The lowest BCUT2D eigenvalue weighted by atomic mass is 10.1. The van der Waals surface area contributed by atoms with Gasteiger partial charge >= 0.3 is 0 Å². The van der Waals surface area contributed by atoms with Gasteiger partial charge in [-0.1, -0.05) is 84.6 Å². The first-order valence-electron chi connectivity index (χ1n) is 9.92. The van der Waals surface area contributed by atoms with Crippen molar-refractivity contribution >= 4 is 29.1 Å². The van der Waals surface area contributed by atoms with E-state index in [-0.39, 0.29) is 11.7 Å². The molecule has 0 aliphatic heterocycles. The fraction of sp³-hybridized carbons (Fsp3) is 0.0833. The Morgan fingerprint density at radius 1 is 0.938 bits per heavy atom. The fourth-order valence-corrected chi connectivity index (χ4v) is 4.13. The summed E-state index contributed by atoms with van der Waals surface area (Å²) < 4.78 is 1.39. The summed E-state index contributed by atoms with van der Waals surface area (Å²) in [6.07, 6.45) is 0. The lowest BCUT2D eigenvalue weighted by molar-refractivity contribution is -0.115. The molecule has 32 heavy (non-hydrogen) atoms. The van der Waals surface area contributed by atoms with Crippen LogP contribution in [0.2, 0.25) is 0 Å². The maximum absolute atomic E-state index is 13.3. The molecule has 3 N–H and O–H groups in total. The van der Waals surface area contributed by atoms with E-state index in [1.165, 1.54) is 23.4 Å². The number of hydrogen-bond donors (Lipinski definition) is 2. The van der Waals surface area contributed by atoms with E-state index in [0.717, 1.165) is 11.1 Å². The van der Waals surface area contributed by atoms with Crippen LogP contribution in [0.15, 0.2) is 90.1 Å². The topological polar surface area (TPSA) is 103 Å². The van der Waals surface area contributed by atoms with Gasteiger partial charge in [-0.25, -0.2) is 4.68 Å². The highest BCUT2D eigenvalue weighted by Gasteiger charge is 2.26. The molecule has 160 valence electrons. The molecule has 0 saturated carbocycles. The number of nitrogens with two attached hydrogens (primary N) is 1. The van der Waals surface area contributed by atoms with Crippen LogP contribution in [0, 0.1) is 0 Å². The Hall–Kier alpha value is -3.91. The van der Waals surface area contributed by atoms with E-state index in [0.29, 0.717) is 22.2 Å². The van der Waals surface area contributed by atoms with Gasteiger partial charge in [-0.15, -0.1) is 10.2 Å². The maximum atomic E-state index is 13.3. The Kier molecular flexibility index (Phi) is 6.32. The number of hydrogen-bond acceptors (Lipinski definition) is 6. The first kappa shape index (κ1) is 21.3. The Morgan fingerprint density at radius 3 is 2.31 bits per heavy atom. The molecule has 1 atom stereocenters. The number of amides is 1. The first-order chi connectivity index (χ1) is 15.5. The Bertz CT molecular complexity index is 1240. The number of nitrogen functional groups attached to an aromatic ring is 1. The summed E-state index contributed by atoms with van der Waals surface area (Å²) in [6, 6.07) is 25.7. The highest BCUT2D eigenvalue weighted by Crippen LogP contribution is 2.36. The molecule has 4 rings (SSSR count). The van der Waals surface area contributed by atoms with Crippen LogP contribution in [0.1, 0.15) is 28.1 Å². The molecule has 3 aromatic carbocycles. The molecular formula is C24H21N5O2S. The molecule has 1 heterocycles. The van der Waals surface area contributed by atoms with E-state index in [9.17, 15) is 9.59 Å². The van der Waals surface area contributed by atoms with Crippen LogP contribution in [-0.4, -0.2) is 26.6 Å². The van der Waals surface area contributed by atoms with Gasteiger partial charge in [0.05, 0.1) is 0 Å². The molecule has 1 unspecified atom stereocenters. The van der Waals surface area contributed by atoms with Crippen LogP contribution >= 0.6 is 11.8 Å². The summed E-state index contributed by atoms with van der Waals surface area (Å²) in [5.41, 5.74) is 2.70. The number of carbonyl (C=O) groups is 2. The van der Waals surface area contributed by atoms with E-state index >= 15 is 0 Å². The first-order valence-corrected chi connectivity index (χ1v) is 10.8. The zero-order valence-electron chi connectivity index (χ0n) is 17.3. The summed E-state index contributed by atoms with van der Waals surface area (Å²) in [6.45, 7) is 1.49. The van der Waals surface area contributed by atoms with Crippen molar-refractivity contribution < 1.29 is 9.59 Å². The van der Waals surface area contributed by atoms with Gasteiger partial charge in [0.15, 0.2) is 11.6 Å². The van der Waals surface area contributed by atoms with Crippen LogP contribution < -0.4 is 11.2 Å². The van der Waals surface area contributed by atoms with E-state index in [2.05, 4.69) is 15.5 Å². The number of aromatic nitrogens is 3. The van der Waals surface area contributed by atoms with Crippen molar-refractivity contribution in [1.82, 2.24) is 14.9 Å². The number of ketones is 1. The minimum Gasteiger partial charge on any atom is -0.335 e. The molecular weight excluding hydrogens is 422 g/mol. The second-order valence-corrected chi connectivity index (χ2v) is 8.15. The van der Waals surface area contributed by atoms with E-state index < -0.39 is 5.25 Å².